The largest absolute Gasteiger partial charge is 0.477 e. The third-order valence-corrected chi connectivity index (χ3v) is 8.95. The van der Waals surface area contributed by atoms with Crippen LogP contribution < -0.4 is 9.61 Å². The summed E-state index contributed by atoms with van der Waals surface area (Å²) in [5.74, 6) is -4.49. The first-order valence-corrected chi connectivity index (χ1v) is 14.0. The van der Waals surface area contributed by atoms with E-state index in [1.165, 1.54) is 43.3 Å². The number of fused-ring (bicyclic) bond motifs is 1. The summed E-state index contributed by atoms with van der Waals surface area (Å²) < 4.78 is 54.6. The highest BCUT2D eigenvalue weighted by atomic mass is 32.1. The fourth-order valence-electron chi connectivity index (χ4n) is 3.47. The molecule has 0 saturated heterocycles. The molecule has 2 unspecified atom stereocenters. The fourth-order valence-corrected chi connectivity index (χ4v) is 6.27. The Labute approximate surface area is 211 Å². The summed E-state index contributed by atoms with van der Waals surface area (Å²) in [6, 6.07) is 9.08. The van der Waals surface area contributed by atoms with E-state index < -0.39 is 37.2 Å². The molecule has 7 nitrogen and oxygen atoms in total. The van der Waals surface area contributed by atoms with Gasteiger partial charge in [0.25, 0.3) is 0 Å². The lowest BCUT2D eigenvalue weighted by atomic mass is 10.1. The number of carbonyl (C=O) groups is 2. The third-order valence-electron chi connectivity index (χ3n) is 5.72. The van der Waals surface area contributed by atoms with Crippen LogP contribution in [0.2, 0.25) is 0 Å². The number of hydrogen-bond donors (Lipinski definition) is 2. The average molecular weight is 540 g/mol. The number of nitrogens with one attached hydrogen (secondary N) is 1. The lowest BCUT2D eigenvalue weighted by molar-refractivity contribution is -0.146. The van der Waals surface area contributed by atoms with Gasteiger partial charge in [0, 0.05) is 4.70 Å². The van der Waals surface area contributed by atoms with Crippen LogP contribution in [0.15, 0.2) is 48.5 Å². The Bertz CT molecular complexity index is 1260. The minimum atomic E-state index is -4.48. The Morgan fingerprint density at radius 2 is 1.78 bits per heavy atom. The van der Waals surface area contributed by atoms with Crippen molar-refractivity contribution in [3.05, 3.63) is 64.8 Å². The van der Waals surface area contributed by atoms with Crippen molar-refractivity contribution in [3.63, 3.8) is 0 Å². The van der Waals surface area contributed by atoms with E-state index in [-0.39, 0.29) is 28.7 Å². The molecule has 3 atom stereocenters. The molecule has 2 aromatic carbocycles. The number of carbonyl (C=O) groups excluding carboxylic acids is 1. The highest BCUT2D eigenvalue weighted by Crippen LogP contribution is 2.58. The molecule has 36 heavy (non-hydrogen) atoms. The standard InChI is InChI=1S/C25H28F2NO6PS/c1-4-16(5-2)14-33-25(31)15(3)28-35(32,34-20-9-7-19(26)8-10-20)23(27)17-6-11-21-18(12-17)13-22(36-21)24(29)30/h6-13,15-16,23H,4-5,14H2,1-3H3,(H,28,32)(H,29,30)/t15-,23?,35?/m0/s1. The van der Waals surface area contributed by atoms with Gasteiger partial charge in [0.2, 0.25) is 5.91 Å². The van der Waals surface area contributed by atoms with Crippen molar-refractivity contribution in [1.82, 2.24) is 5.09 Å². The molecule has 3 rings (SSSR count). The van der Waals surface area contributed by atoms with Gasteiger partial charge in [-0.1, -0.05) is 32.8 Å². The number of ether oxygens (including phenoxy) is 1. The van der Waals surface area contributed by atoms with Gasteiger partial charge >= 0.3 is 19.5 Å². The number of esters is 1. The Morgan fingerprint density at radius 1 is 1.11 bits per heavy atom. The van der Waals surface area contributed by atoms with E-state index in [1.54, 1.807) is 0 Å². The average Bonchev–Trinajstić information content (AvgIpc) is 3.29. The third kappa shape index (κ3) is 6.69. The second-order valence-electron chi connectivity index (χ2n) is 8.35. The highest BCUT2D eigenvalue weighted by molar-refractivity contribution is 7.57. The molecule has 0 spiro atoms. The number of halogens is 2. The Kier molecular flexibility index (Phi) is 9.22. The molecule has 0 aliphatic heterocycles. The predicted octanol–water partition coefficient (Wildman–Crippen LogP) is 6.94. The number of alkyl halides is 1. The molecule has 0 aliphatic carbocycles. The Balaban J connectivity index is 1.89. The minimum Gasteiger partial charge on any atom is -0.477 e. The number of hydrogen-bond acceptors (Lipinski definition) is 6. The van der Waals surface area contributed by atoms with Crippen LogP contribution in [0.1, 0.15) is 54.8 Å². The molecular weight excluding hydrogens is 511 g/mol. The predicted molar refractivity (Wildman–Crippen MR) is 135 cm³/mol. The summed E-state index contributed by atoms with van der Waals surface area (Å²) in [6.07, 6.45) is 1.64. The zero-order chi connectivity index (χ0) is 26.5. The van der Waals surface area contributed by atoms with E-state index in [4.69, 9.17) is 9.26 Å². The SMILES string of the molecule is CCC(CC)COC(=O)[C@H](C)NP(=O)(Oc1ccc(F)cc1)C(F)c1ccc2sc(C(=O)O)cc2c1. The van der Waals surface area contributed by atoms with Gasteiger partial charge in [0.1, 0.15) is 22.5 Å². The van der Waals surface area contributed by atoms with Gasteiger partial charge in [-0.25, -0.2) is 18.7 Å². The molecule has 0 amide bonds. The van der Waals surface area contributed by atoms with Crippen molar-refractivity contribution in [2.24, 2.45) is 5.92 Å². The van der Waals surface area contributed by atoms with Gasteiger partial charge < -0.3 is 14.4 Å². The smallest absolute Gasteiger partial charge is 0.355 e. The fraction of sp³-hybridized carbons (Fsp3) is 0.360. The van der Waals surface area contributed by atoms with Crippen LogP contribution in [0.4, 0.5) is 8.78 Å². The molecular formula is C25H28F2NO6PS. The normalized spacial score (nSPS) is 14.8. The van der Waals surface area contributed by atoms with Gasteiger partial charge in [0.15, 0.2) is 0 Å². The molecule has 0 fully saturated rings. The number of carboxylic acids is 1. The quantitative estimate of drug-likeness (QED) is 0.190. The molecule has 194 valence electrons. The van der Waals surface area contributed by atoms with Gasteiger partial charge in [-0.2, -0.15) is 0 Å². The number of benzene rings is 2. The van der Waals surface area contributed by atoms with Crippen LogP contribution >= 0.6 is 18.9 Å². The summed E-state index contributed by atoms with van der Waals surface area (Å²) in [4.78, 5) is 23.9. The van der Waals surface area contributed by atoms with Crippen LogP contribution in [0.3, 0.4) is 0 Å². The Morgan fingerprint density at radius 3 is 2.39 bits per heavy atom. The molecule has 0 radical (unpaired) electrons. The first-order chi connectivity index (χ1) is 17.1. The molecule has 1 aromatic heterocycles. The van der Waals surface area contributed by atoms with Crippen molar-refractivity contribution in [1.29, 1.82) is 0 Å². The number of thiophene rings is 1. The van der Waals surface area contributed by atoms with Crippen molar-refractivity contribution >= 4 is 40.9 Å². The summed E-state index contributed by atoms with van der Waals surface area (Å²) in [7, 11) is -4.48. The summed E-state index contributed by atoms with van der Waals surface area (Å²) >= 11 is 1.03. The van der Waals surface area contributed by atoms with Crippen LogP contribution in [0, 0.1) is 11.7 Å². The molecule has 11 heteroatoms. The molecule has 1 heterocycles. The monoisotopic (exact) mass is 539 g/mol. The maximum atomic E-state index is 15.9. The molecule has 0 bridgehead atoms. The lowest BCUT2D eigenvalue weighted by Gasteiger charge is -2.26. The summed E-state index contributed by atoms with van der Waals surface area (Å²) in [5, 5.41) is 12.2. The van der Waals surface area contributed by atoms with E-state index in [9.17, 15) is 23.7 Å². The topological polar surface area (TPSA) is 102 Å². The van der Waals surface area contributed by atoms with Crippen LogP contribution in [-0.2, 0) is 14.1 Å². The number of carboxylic acid groups (broad SMARTS) is 1. The zero-order valence-corrected chi connectivity index (χ0v) is 21.8. The Hall–Kier alpha value is -2.81. The second kappa shape index (κ2) is 12.0. The maximum absolute atomic E-state index is 15.9. The van der Waals surface area contributed by atoms with E-state index in [0.717, 1.165) is 36.3 Å². The number of aromatic carboxylic acids is 1. The molecule has 2 N–H and O–H groups in total. The molecule has 0 aliphatic rings. The summed E-state index contributed by atoms with van der Waals surface area (Å²) in [6.45, 7) is 5.53. The van der Waals surface area contributed by atoms with Crippen LogP contribution in [0.25, 0.3) is 10.1 Å². The second-order valence-corrected chi connectivity index (χ2v) is 11.5. The van der Waals surface area contributed by atoms with Gasteiger partial charge in [0.05, 0.1) is 6.61 Å². The first kappa shape index (κ1) is 27.8. The van der Waals surface area contributed by atoms with E-state index in [0.29, 0.717) is 10.1 Å². The first-order valence-electron chi connectivity index (χ1n) is 11.5. The maximum Gasteiger partial charge on any atom is 0.355 e. The van der Waals surface area contributed by atoms with Crippen molar-refractivity contribution in [3.8, 4) is 5.75 Å². The van der Waals surface area contributed by atoms with Crippen molar-refractivity contribution in [2.75, 3.05) is 6.61 Å². The van der Waals surface area contributed by atoms with Crippen LogP contribution in [0.5, 0.6) is 5.75 Å². The van der Waals surface area contributed by atoms with Crippen molar-refractivity contribution < 1.29 is 37.3 Å². The van der Waals surface area contributed by atoms with Crippen LogP contribution in [-0.4, -0.2) is 29.7 Å². The van der Waals surface area contributed by atoms with Crippen molar-refractivity contribution in [2.45, 2.75) is 45.6 Å². The van der Waals surface area contributed by atoms with E-state index in [1.807, 2.05) is 13.8 Å². The molecule has 0 saturated carbocycles. The van der Waals surface area contributed by atoms with Gasteiger partial charge in [-0.3, -0.25) is 9.36 Å². The lowest BCUT2D eigenvalue weighted by Crippen LogP contribution is -2.36. The summed E-state index contributed by atoms with van der Waals surface area (Å²) in [5.41, 5.74) is -0.0345. The zero-order valence-electron chi connectivity index (χ0n) is 20.1. The van der Waals surface area contributed by atoms with E-state index >= 15 is 4.39 Å². The molecule has 3 aromatic rings. The number of rotatable bonds is 12. The van der Waals surface area contributed by atoms with Gasteiger partial charge in [-0.15, -0.1) is 11.3 Å². The van der Waals surface area contributed by atoms with Gasteiger partial charge in [-0.05, 0) is 66.3 Å². The highest BCUT2D eigenvalue weighted by Gasteiger charge is 2.41. The van der Waals surface area contributed by atoms with E-state index in [2.05, 4.69) is 5.09 Å². The minimum absolute atomic E-state index is 0.0345.